The number of hydrogen-bond acceptors (Lipinski definition) is 5. The molecule has 2 heterocycles. The molecule has 1 amide bonds. The van der Waals surface area contributed by atoms with Crippen molar-refractivity contribution in [2.75, 3.05) is 5.75 Å². The Morgan fingerprint density at radius 2 is 2.08 bits per heavy atom. The van der Waals surface area contributed by atoms with Crippen LogP contribution in [0.5, 0.6) is 0 Å². The van der Waals surface area contributed by atoms with Gasteiger partial charge in [-0.15, -0.1) is 11.8 Å². The van der Waals surface area contributed by atoms with Crippen molar-refractivity contribution in [1.82, 2.24) is 4.90 Å². The third kappa shape index (κ3) is 3.67. The predicted molar refractivity (Wildman–Crippen MR) is 94.2 cm³/mol. The van der Waals surface area contributed by atoms with Crippen molar-refractivity contribution >= 4 is 39.6 Å². The molecule has 0 unspecified atom stereocenters. The Balaban J connectivity index is 1.67. The van der Waals surface area contributed by atoms with Gasteiger partial charge in [-0.05, 0) is 29.8 Å². The van der Waals surface area contributed by atoms with Crippen molar-refractivity contribution in [2.24, 2.45) is 0 Å². The summed E-state index contributed by atoms with van der Waals surface area (Å²) in [5.74, 6) is 0.587. The van der Waals surface area contributed by atoms with E-state index in [-0.39, 0.29) is 17.9 Å². The van der Waals surface area contributed by atoms with Crippen LogP contribution in [0.15, 0.2) is 51.6 Å². The molecule has 5 nitrogen and oxygen atoms in total. The van der Waals surface area contributed by atoms with Crippen LogP contribution in [-0.2, 0) is 20.9 Å². The number of ether oxygens (including phenoxy) is 1. The number of benzene rings is 1. The first-order valence-corrected chi connectivity index (χ1v) is 9.25. The second-order valence-electron chi connectivity index (χ2n) is 5.38. The van der Waals surface area contributed by atoms with Gasteiger partial charge in [0.1, 0.15) is 23.8 Å². The highest BCUT2D eigenvalue weighted by Gasteiger charge is 2.43. The number of hydrogen-bond donors (Lipinski definition) is 0. The fourth-order valence-corrected chi connectivity index (χ4v) is 4.23. The highest BCUT2D eigenvalue weighted by molar-refractivity contribution is 9.10. The summed E-state index contributed by atoms with van der Waals surface area (Å²) in [6.45, 7) is 1.64. The lowest BCUT2D eigenvalue weighted by Gasteiger charge is -2.25. The van der Waals surface area contributed by atoms with E-state index < -0.39 is 12.0 Å². The molecule has 7 heteroatoms. The molecule has 1 aliphatic rings. The van der Waals surface area contributed by atoms with Crippen LogP contribution in [0.1, 0.15) is 23.6 Å². The molecule has 1 aliphatic heterocycles. The maximum atomic E-state index is 12.4. The number of esters is 1. The summed E-state index contributed by atoms with van der Waals surface area (Å²) in [4.78, 5) is 26.0. The van der Waals surface area contributed by atoms with Crippen molar-refractivity contribution < 1.29 is 18.7 Å². The Morgan fingerprint density at radius 1 is 1.33 bits per heavy atom. The number of nitrogens with zero attached hydrogens (tertiary/aromatic N) is 1. The molecule has 0 saturated carbocycles. The molecule has 2 aromatic rings. The van der Waals surface area contributed by atoms with E-state index in [9.17, 15) is 9.59 Å². The molecule has 1 aromatic heterocycles. The van der Waals surface area contributed by atoms with Crippen molar-refractivity contribution in [3.05, 3.63) is 58.5 Å². The van der Waals surface area contributed by atoms with E-state index in [2.05, 4.69) is 15.9 Å². The molecule has 1 saturated heterocycles. The molecule has 0 radical (unpaired) electrons. The zero-order valence-electron chi connectivity index (χ0n) is 13.0. The minimum absolute atomic E-state index is 0.174. The van der Waals surface area contributed by atoms with Gasteiger partial charge in [0, 0.05) is 17.1 Å². The monoisotopic (exact) mass is 409 g/mol. The van der Waals surface area contributed by atoms with Gasteiger partial charge < -0.3 is 14.1 Å². The Hall–Kier alpha value is -1.73. The topological polar surface area (TPSA) is 59.8 Å². The van der Waals surface area contributed by atoms with Gasteiger partial charge in [0.2, 0.25) is 5.91 Å². The van der Waals surface area contributed by atoms with Gasteiger partial charge in [-0.25, -0.2) is 4.79 Å². The number of carbonyl (C=O) groups is 2. The summed E-state index contributed by atoms with van der Waals surface area (Å²) in [5, 5.41) is -0.289. The van der Waals surface area contributed by atoms with E-state index in [0.29, 0.717) is 11.5 Å². The van der Waals surface area contributed by atoms with Crippen LogP contribution in [0.25, 0.3) is 0 Å². The number of thioether (sulfide) groups is 1. The summed E-state index contributed by atoms with van der Waals surface area (Å²) in [6, 6.07) is 10.5. The average molecular weight is 410 g/mol. The van der Waals surface area contributed by atoms with Crippen molar-refractivity contribution in [3.63, 3.8) is 0 Å². The zero-order valence-corrected chi connectivity index (χ0v) is 15.4. The summed E-state index contributed by atoms with van der Waals surface area (Å²) in [5.41, 5.74) is 0.897. The Kier molecular flexibility index (Phi) is 5.30. The Morgan fingerprint density at radius 3 is 2.71 bits per heavy atom. The van der Waals surface area contributed by atoms with Gasteiger partial charge in [0.25, 0.3) is 0 Å². The van der Waals surface area contributed by atoms with Crippen molar-refractivity contribution in [3.8, 4) is 0 Å². The normalized spacial score (nSPS) is 20.2. The summed E-state index contributed by atoms with van der Waals surface area (Å²) in [6.07, 6.45) is 1.56. The number of halogens is 1. The molecule has 0 aliphatic carbocycles. The first kappa shape index (κ1) is 17.1. The molecular weight excluding hydrogens is 394 g/mol. The minimum Gasteiger partial charge on any atom is -0.466 e. The molecule has 2 atom stereocenters. The maximum Gasteiger partial charge on any atom is 0.330 e. The van der Waals surface area contributed by atoms with E-state index in [1.165, 1.54) is 23.6 Å². The molecule has 1 aromatic carbocycles. The van der Waals surface area contributed by atoms with Crippen molar-refractivity contribution in [2.45, 2.75) is 24.9 Å². The molecule has 24 heavy (non-hydrogen) atoms. The lowest BCUT2D eigenvalue weighted by Crippen LogP contribution is -2.42. The summed E-state index contributed by atoms with van der Waals surface area (Å²) < 4.78 is 11.8. The Labute approximate surface area is 152 Å². The van der Waals surface area contributed by atoms with Crippen LogP contribution in [0, 0.1) is 0 Å². The van der Waals surface area contributed by atoms with E-state index >= 15 is 0 Å². The van der Waals surface area contributed by atoms with Gasteiger partial charge in [0.15, 0.2) is 0 Å². The first-order valence-electron chi connectivity index (χ1n) is 7.41. The van der Waals surface area contributed by atoms with Crippen LogP contribution in [0.2, 0.25) is 0 Å². The summed E-state index contributed by atoms with van der Waals surface area (Å²) in [7, 11) is 0. The molecule has 0 bridgehead atoms. The van der Waals surface area contributed by atoms with Gasteiger partial charge in [-0.1, -0.05) is 28.1 Å². The second-order valence-corrected chi connectivity index (χ2v) is 7.41. The third-order valence-corrected chi connectivity index (χ3v) is 5.53. The predicted octanol–water partition coefficient (Wildman–Crippen LogP) is 3.75. The van der Waals surface area contributed by atoms with Crippen LogP contribution < -0.4 is 0 Å². The van der Waals surface area contributed by atoms with E-state index in [0.717, 1.165) is 10.0 Å². The molecule has 0 N–H and O–H groups in total. The fourth-order valence-electron chi connectivity index (χ4n) is 2.55. The molecular formula is C17H16BrNO4S. The number of carbonyl (C=O) groups excluding carboxylic acids is 2. The zero-order chi connectivity index (χ0) is 17.1. The van der Waals surface area contributed by atoms with E-state index in [1.54, 1.807) is 12.3 Å². The van der Waals surface area contributed by atoms with E-state index in [4.69, 9.17) is 9.15 Å². The van der Waals surface area contributed by atoms with Crippen LogP contribution >= 0.6 is 27.7 Å². The third-order valence-electron chi connectivity index (χ3n) is 3.72. The average Bonchev–Trinajstić information content (AvgIpc) is 3.22. The Bertz CT molecular complexity index is 717. The molecule has 1 fully saturated rings. The summed E-state index contributed by atoms with van der Waals surface area (Å²) >= 11 is 4.87. The fraction of sp³-hybridized carbons (Fsp3) is 0.294. The van der Waals surface area contributed by atoms with Gasteiger partial charge >= 0.3 is 5.97 Å². The highest BCUT2D eigenvalue weighted by atomic mass is 79.9. The first-order chi connectivity index (χ1) is 11.6. The number of amides is 1. The van der Waals surface area contributed by atoms with Crippen LogP contribution in [-0.4, -0.2) is 28.6 Å². The standard InChI is InChI=1S/C17H16BrNO4S/c1-11(20)19-14(10-24-16(19)15-3-2-8-22-15)17(21)23-9-12-4-6-13(18)7-5-12/h2-8,14,16H,9-10H2,1H3/t14-,16-/m1/s1. The van der Waals surface area contributed by atoms with Crippen LogP contribution in [0.3, 0.4) is 0 Å². The van der Waals surface area contributed by atoms with Gasteiger partial charge in [-0.2, -0.15) is 0 Å². The van der Waals surface area contributed by atoms with Gasteiger partial charge in [0.05, 0.1) is 6.26 Å². The highest BCUT2D eigenvalue weighted by Crippen LogP contribution is 2.41. The second kappa shape index (κ2) is 7.44. The van der Waals surface area contributed by atoms with Crippen molar-refractivity contribution in [1.29, 1.82) is 0 Å². The minimum atomic E-state index is -0.599. The lowest BCUT2D eigenvalue weighted by atomic mass is 10.2. The van der Waals surface area contributed by atoms with Crippen LogP contribution in [0.4, 0.5) is 0 Å². The molecule has 0 spiro atoms. The SMILES string of the molecule is CC(=O)N1[C@@H](C(=O)OCc2ccc(Br)cc2)CS[C@@H]1c1ccco1. The smallest absolute Gasteiger partial charge is 0.330 e. The number of furan rings is 1. The number of rotatable bonds is 4. The van der Waals surface area contributed by atoms with E-state index in [1.807, 2.05) is 30.3 Å². The lowest BCUT2D eigenvalue weighted by molar-refractivity contribution is -0.154. The van der Waals surface area contributed by atoms with Gasteiger partial charge in [-0.3, -0.25) is 4.79 Å². The molecule has 126 valence electrons. The largest absolute Gasteiger partial charge is 0.466 e. The quantitative estimate of drug-likeness (QED) is 0.719. The maximum absolute atomic E-state index is 12.4. The molecule has 3 rings (SSSR count).